The molecule has 6 nitrogen and oxygen atoms in total. The fraction of sp³-hybridized carbons (Fsp3) is 0.375. The van der Waals surface area contributed by atoms with E-state index in [0.29, 0.717) is 18.3 Å². The van der Waals surface area contributed by atoms with Gasteiger partial charge >= 0.3 is 0 Å². The normalized spacial score (nSPS) is 10.7. The maximum atomic E-state index is 12.0. The van der Waals surface area contributed by atoms with E-state index in [-0.39, 0.29) is 30.0 Å². The van der Waals surface area contributed by atoms with Crippen molar-refractivity contribution < 1.29 is 4.79 Å². The van der Waals surface area contributed by atoms with Gasteiger partial charge < -0.3 is 10.3 Å². The fourth-order valence-electron chi connectivity index (χ4n) is 1.89. The number of aromatic nitrogens is 3. The third-order valence-corrected chi connectivity index (χ3v) is 3.11. The molecule has 1 aromatic heterocycles. The van der Waals surface area contributed by atoms with Crippen molar-refractivity contribution in [3.05, 3.63) is 46.4 Å². The second-order valence-corrected chi connectivity index (χ2v) is 5.51. The molecule has 22 heavy (non-hydrogen) atoms. The lowest BCUT2D eigenvalue weighted by Gasteiger charge is -2.07. The summed E-state index contributed by atoms with van der Waals surface area (Å²) in [5.41, 5.74) is 0.776. The van der Waals surface area contributed by atoms with E-state index in [2.05, 4.69) is 20.5 Å². The van der Waals surface area contributed by atoms with E-state index in [9.17, 15) is 9.59 Å². The Balaban J connectivity index is 1.99. The van der Waals surface area contributed by atoms with Gasteiger partial charge in [-0.3, -0.25) is 9.59 Å². The van der Waals surface area contributed by atoms with Crippen molar-refractivity contribution in [3.8, 4) is 11.4 Å². The van der Waals surface area contributed by atoms with Gasteiger partial charge in [0, 0.05) is 24.9 Å². The minimum Gasteiger partial charge on any atom is -0.356 e. The molecule has 0 atom stereocenters. The smallest absolute Gasteiger partial charge is 0.273 e. The van der Waals surface area contributed by atoms with Crippen LogP contribution in [0, 0.1) is 5.92 Å². The zero-order chi connectivity index (χ0) is 15.9. The predicted octanol–water partition coefficient (Wildman–Crippen LogP) is 1.54. The Labute approximate surface area is 129 Å². The third-order valence-electron chi connectivity index (χ3n) is 3.11. The molecule has 0 saturated carbocycles. The lowest BCUT2D eigenvalue weighted by Crippen LogP contribution is -2.28. The Morgan fingerprint density at radius 1 is 1.23 bits per heavy atom. The number of hydrogen-bond donors (Lipinski definition) is 2. The maximum absolute atomic E-state index is 12.0. The van der Waals surface area contributed by atoms with Gasteiger partial charge in [0.05, 0.1) is 0 Å². The van der Waals surface area contributed by atoms with E-state index in [1.54, 1.807) is 0 Å². The van der Waals surface area contributed by atoms with Crippen molar-refractivity contribution in [2.45, 2.75) is 26.7 Å². The second kappa shape index (κ2) is 7.49. The summed E-state index contributed by atoms with van der Waals surface area (Å²) in [5, 5.41) is 10.8. The second-order valence-electron chi connectivity index (χ2n) is 5.51. The molecule has 6 heteroatoms. The highest BCUT2D eigenvalue weighted by molar-refractivity contribution is 5.76. The van der Waals surface area contributed by atoms with Crippen molar-refractivity contribution in [1.29, 1.82) is 0 Å². The summed E-state index contributed by atoms with van der Waals surface area (Å²) in [5.74, 6) is 0.748. The lowest BCUT2D eigenvalue weighted by atomic mass is 10.2. The first-order valence-corrected chi connectivity index (χ1v) is 7.34. The first-order valence-electron chi connectivity index (χ1n) is 7.34. The number of nitrogens with one attached hydrogen (secondary N) is 2. The molecule has 0 fully saturated rings. The highest BCUT2D eigenvalue weighted by atomic mass is 16.1. The minimum atomic E-state index is -0.300. The average molecular weight is 300 g/mol. The number of H-pyrrole nitrogens is 1. The molecular formula is C16H20N4O2. The van der Waals surface area contributed by atoms with E-state index in [1.807, 2.05) is 44.2 Å². The molecule has 0 aliphatic heterocycles. The summed E-state index contributed by atoms with van der Waals surface area (Å²) in [6, 6.07) is 9.31. The van der Waals surface area contributed by atoms with Gasteiger partial charge in [0.1, 0.15) is 5.69 Å². The van der Waals surface area contributed by atoms with Crippen LogP contribution in [0.1, 0.15) is 26.0 Å². The van der Waals surface area contributed by atoms with Gasteiger partial charge in [-0.15, -0.1) is 10.2 Å². The fourth-order valence-corrected chi connectivity index (χ4v) is 1.89. The van der Waals surface area contributed by atoms with Crippen LogP contribution in [0.3, 0.4) is 0 Å². The Morgan fingerprint density at radius 3 is 2.59 bits per heavy atom. The highest BCUT2D eigenvalue weighted by Crippen LogP contribution is 2.10. The SMILES string of the molecule is CC(C)CNC(=O)CCc1nnc(-c2ccccc2)[nH]c1=O. The molecule has 1 aromatic carbocycles. The zero-order valence-corrected chi connectivity index (χ0v) is 12.8. The summed E-state index contributed by atoms with van der Waals surface area (Å²) < 4.78 is 0. The van der Waals surface area contributed by atoms with Crippen LogP contribution in [0.15, 0.2) is 35.1 Å². The molecule has 116 valence electrons. The molecule has 2 N–H and O–H groups in total. The summed E-state index contributed by atoms with van der Waals surface area (Å²) in [4.78, 5) is 26.4. The monoisotopic (exact) mass is 300 g/mol. The van der Waals surface area contributed by atoms with Gasteiger partial charge in [0.25, 0.3) is 5.56 Å². The van der Waals surface area contributed by atoms with Crippen molar-refractivity contribution >= 4 is 5.91 Å². The van der Waals surface area contributed by atoms with E-state index in [4.69, 9.17) is 0 Å². The Hall–Kier alpha value is -2.50. The number of aromatic amines is 1. The zero-order valence-electron chi connectivity index (χ0n) is 12.8. The number of nitrogens with zero attached hydrogens (tertiary/aromatic N) is 2. The van der Waals surface area contributed by atoms with Crippen LogP contribution >= 0.6 is 0 Å². The van der Waals surface area contributed by atoms with Crippen LogP contribution in [0.4, 0.5) is 0 Å². The number of benzene rings is 1. The molecule has 2 rings (SSSR count). The van der Waals surface area contributed by atoms with Crippen molar-refractivity contribution in [2.75, 3.05) is 6.54 Å². The molecule has 1 heterocycles. The molecule has 0 unspecified atom stereocenters. The summed E-state index contributed by atoms with van der Waals surface area (Å²) in [6.45, 7) is 4.69. The van der Waals surface area contributed by atoms with Crippen LogP contribution in [0.5, 0.6) is 0 Å². The number of amides is 1. The topological polar surface area (TPSA) is 87.7 Å². The minimum absolute atomic E-state index is 0.0814. The molecule has 2 aromatic rings. The van der Waals surface area contributed by atoms with Gasteiger partial charge in [0.15, 0.2) is 5.82 Å². The predicted molar refractivity (Wildman–Crippen MR) is 84.3 cm³/mol. The molecule has 0 aliphatic rings. The largest absolute Gasteiger partial charge is 0.356 e. The first kappa shape index (κ1) is 15.9. The van der Waals surface area contributed by atoms with Crippen molar-refractivity contribution in [3.63, 3.8) is 0 Å². The molecule has 1 amide bonds. The van der Waals surface area contributed by atoms with E-state index >= 15 is 0 Å². The molecule has 0 aliphatic carbocycles. The van der Waals surface area contributed by atoms with Crippen LogP contribution in [0.25, 0.3) is 11.4 Å². The Bertz CT molecular complexity index is 680. The number of carbonyl (C=O) groups excluding carboxylic acids is 1. The Kier molecular flexibility index (Phi) is 5.41. The van der Waals surface area contributed by atoms with Gasteiger partial charge in [-0.25, -0.2) is 0 Å². The molecule has 0 spiro atoms. The van der Waals surface area contributed by atoms with Crippen molar-refractivity contribution in [2.24, 2.45) is 5.92 Å². The summed E-state index contributed by atoms with van der Waals surface area (Å²) in [7, 11) is 0. The number of carbonyl (C=O) groups is 1. The van der Waals surface area contributed by atoms with Crippen LogP contribution in [-0.2, 0) is 11.2 Å². The van der Waals surface area contributed by atoms with Crippen LogP contribution in [-0.4, -0.2) is 27.6 Å². The summed E-state index contributed by atoms with van der Waals surface area (Å²) in [6.07, 6.45) is 0.510. The lowest BCUT2D eigenvalue weighted by molar-refractivity contribution is -0.121. The van der Waals surface area contributed by atoms with E-state index in [1.165, 1.54) is 0 Å². The van der Waals surface area contributed by atoms with Crippen molar-refractivity contribution in [1.82, 2.24) is 20.5 Å². The van der Waals surface area contributed by atoms with E-state index in [0.717, 1.165) is 5.56 Å². The molecule has 0 radical (unpaired) electrons. The van der Waals surface area contributed by atoms with Crippen LogP contribution < -0.4 is 10.9 Å². The first-order chi connectivity index (χ1) is 10.6. The molecule has 0 saturated heterocycles. The van der Waals surface area contributed by atoms with Gasteiger partial charge in [0.2, 0.25) is 5.91 Å². The van der Waals surface area contributed by atoms with E-state index < -0.39 is 0 Å². The average Bonchev–Trinajstić information content (AvgIpc) is 2.52. The molecule has 0 bridgehead atoms. The van der Waals surface area contributed by atoms with Gasteiger partial charge in [-0.1, -0.05) is 44.2 Å². The van der Waals surface area contributed by atoms with Gasteiger partial charge in [-0.05, 0) is 5.92 Å². The highest BCUT2D eigenvalue weighted by Gasteiger charge is 2.09. The summed E-state index contributed by atoms with van der Waals surface area (Å²) >= 11 is 0. The third kappa shape index (κ3) is 4.51. The molecular weight excluding hydrogens is 280 g/mol. The number of aryl methyl sites for hydroxylation is 1. The number of rotatable bonds is 6. The maximum Gasteiger partial charge on any atom is 0.273 e. The number of hydrogen-bond acceptors (Lipinski definition) is 4. The van der Waals surface area contributed by atoms with Crippen LogP contribution in [0.2, 0.25) is 0 Å². The Morgan fingerprint density at radius 2 is 1.95 bits per heavy atom. The quantitative estimate of drug-likeness (QED) is 0.847. The standard InChI is InChI=1S/C16H20N4O2/c1-11(2)10-17-14(21)9-8-13-16(22)18-15(20-19-13)12-6-4-3-5-7-12/h3-7,11H,8-10H2,1-2H3,(H,17,21)(H,18,20,22). The van der Waals surface area contributed by atoms with Gasteiger partial charge in [-0.2, -0.15) is 0 Å².